The van der Waals surface area contributed by atoms with Gasteiger partial charge in [-0.05, 0) is 56.3 Å². The molecule has 1 unspecified atom stereocenters. The van der Waals surface area contributed by atoms with Gasteiger partial charge in [-0.1, -0.05) is 6.58 Å². The van der Waals surface area contributed by atoms with Gasteiger partial charge in [-0.3, -0.25) is 0 Å². The molecule has 3 nitrogen and oxygen atoms in total. The highest BCUT2D eigenvalue weighted by molar-refractivity contribution is 5.81. The summed E-state index contributed by atoms with van der Waals surface area (Å²) in [6, 6.07) is 0. The number of ether oxygens (including phenoxy) is 2. The Hall–Kier alpha value is -1.18. The molecule has 4 bridgehead atoms. The predicted octanol–water partition coefficient (Wildman–Crippen LogP) is 4.22. The van der Waals surface area contributed by atoms with Crippen molar-refractivity contribution in [2.75, 3.05) is 0 Å². The number of esters is 1. The minimum atomic E-state index is -5.55. The van der Waals surface area contributed by atoms with Crippen LogP contribution in [-0.2, 0) is 14.3 Å². The van der Waals surface area contributed by atoms with E-state index in [-0.39, 0.29) is 17.8 Å². The van der Waals surface area contributed by atoms with E-state index >= 15 is 0 Å². The maximum atomic E-state index is 13.5. The van der Waals surface area contributed by atoms with Crippen LogP contribution < -0.4 is 0 Å². The lowest BCUT2D eigenvalue weighted by atomic mass is 9.54. The van der Waals surface area contributed by atoms with E-state index in [0.29, 0.717) is 25.3 Å². The normalized spacial score (nSPS) is 37.3. The summed E-state index contributed by atoms with van der Waals surface area (Å²) in [5, 5.41) is 0. The summed E-state index contributed by atoms with van der Waals surface area (Å²) in [6.07, 6.45) is -5.56. The summed E-state index contributed by atoms with van der Waals surface area (Å²) < 4.78 is 76.6. The van der Waals surface area contributed by atoms with E-state index < -0.39 is 30.0 Å². The van der Waals surface area contributed by atoms with Gasteiger partial charge in [0.15, 0.2) is 0 Å². The van der Waals surface area contributed by atoms with E-state index in [1.54, 1.807) is 0 Å². The van der Waals surface area contributed by atoms with Crippen molar-refractivity contribution in [1.29, 1.82) is 0 Å². The van der Waals surface area contributed by atoms with Crippen molar-refractivity contribution in [3.63, 3.8) is 0 Å². The third kappa shape index (κ3) is 2.82. The molecular formula is C16H19F5O3. The molecule has 4 rings (SSSR count). The maximum absolute atomic E-state index is 13.5. The standard InChI is InChI=1S/C16H19F5O3/c1-2-12(22)23-15(13(17)18,16(19,20)21)24-14-6-9-3-10(7-14)5-11(4-9)8-14/h2,9-11,13H,1,3-8H2. The molecule has 0 aliphatic heterocycles. The molecule has 136 valence electrons. The average Bonchev–Trinajstić information content (AvgIpc) is 2.43. The molecule has 4 aliphatic carbocycles. The summed E-state index contributed by atoms with van der Waals surface area (Å²) in [6.45, 7) is 2.97. The number of carbonyl (C=O) groups is 1. The minimum absolute atomic E-state index is 0.190. The van der Waals surface area contributed by atoms with Crippen LogP contribution in [0, 0.1) is 17.8 Å². The largest absolute Gasteiger partial charge is 0.462 e. The van der Waals surface area contributed by atoms with Crippen molar-refractivity contribution in [2.45, 2.75) is 62.5 Å². The van der Waals surface area contributed by atoms with E-state index in [9.17, 15) is 26.7 Å². The van der Waals surface area contributed by atoms with Crippen LogP contribution >= 0.6 is 0 Å². The van der Waals surface area contributed by atoms with Gasteiger partial charge in [0.05, 0.1) is 5.60 Å². The molecule has 0 aromatic rings. The molecule has 0 radical (unpaired) electrons. The summed E-state index contributed by atoms with van der Waals surface area (Å²) in [5.74, 6) is -5.26. The zero-order chi connectivity index (χ0) is 17.8. The van der Waals surface area contributed by atoms with E-state index in [0.717, 1.165) is 19.3 Å². The first-order valence-electron chi connectivity index (χ1n) is 7.99. The van der Waals surface area contributed by atoms with Gasteiger partial charge in [0.1, 0.15) is 0 Å². The summed E-state index contributed by atoms with van der Waals surface area (Å²) in [7, 11) is 0. The highest BCUT2D eigenvalue weighted by Gasteiger charge is 2.70. The van der Waals surface area contributed by atoms with Gasteiger partial charge in [-0.2, -0.15) is 13.2 Å². The van der Waals surface area contributed by atoms with Crippen LogP contribution in [0.4, 0.5) is 22.0 Å². The van der Waals surface area contributed by atoms with E-state index in [1.807, 2.05) is 0 Å². The van der Waals surface area contributed by atoms with Gasteiger partial charge in [0.25, 0.3) is 0 Å². The summed E-state index contributed by atoms with van der Waals surface area (Å²) in [4.78, 5) is 11.3. The Morgan fingerprint density at radius 3 is 1.88 bits per heavy atom. The molecule has 4 aliphatic rings. The molecule has 0 spiro atoms. The summed E-state index contributed by atoms with van der Waals surface area (Å²) >= 11 is 0. The van der Waals surface area contributed by atoms with Crippen LogP contribution in [0.1, 0.15) is 38.5 Å². The van der Waals surface area contributed by atoms with Gasteiger partial charge in [0.2, 0.25) is 0 Å². The van der Waals surface area contributed by atoms with Crippen LogP contribution in [0.15, 0.2) is 12.7 Å². The van der Waals surface area contributed by atoms with Crippen LogP contribution in [0.3, 0.4) is 0 Å². The van der Waals surface area contributed by atoms with Crippen LogP contribution in [0.2, 0.25) is 0 Å². The third-order valence-corrected chi connectivity index (χ3v) is 5.45. The first-order valence-corrected chi connectivity index (χ1v) is 7.99. The number of rotatable bonds is 5. The van der Waals surface area contributed by atoms with Gasteiger partial charge in [0, 0.05) is 6.08 Å². The zero-order valence-electron chi connectivity index (χ0n) is 13.0. The number of halogens is 5. The smallest absolute Gasteiger partial charge is 0.415 e. The monoisotopic (exact) mass is 354 g/mol. The van der Waals surface area contributed by atoms with Crippen molar-refractivity contribution in [2.24, 2.45) is 17.8 Å². The molecule has 0 aromatic heterocycles. The van der Waals surface area contributed by atoms with Crippen molar-refractivity contribution in [3.8, 4) is 0 Å². The van der Waals surface area contributed by atoms with Crippen molar-refractivity contribution in [3.05, 3.63) is 12.7 Å². The molecule has 24 heavy (non-hydrogen) atoms. The second-order valence-corrected chi connectivity index (χ2v) is 7.29. The fourth-order valence-electron chi connectivity index (χ4n) is 5.02. The van der Waals surface area contributed by atoms with Gasteiger partial charge >= 0.3 is 24.4 Å². The SMILES string of the molecule is C=CC(=O)OC(OC12CC3CC(CC(C3)C1)C2)(C(F)F)C(F)(F)F. The highest BCUT2D eigenvalue weighted by Crippen LogP contribution is 2.59. The highest BCUT2D eigenvalue weighted by atomic mass is 19.4. The molecule has 4 saturated carbocycles. The Bertz CT molecular complexity index is 495. The Kier molecular flexibility index (Phi) is 4.17. The van der Waals surface area contributed by atoms with Crippen LogP contribution in [0.5, 0.6) is 0 Å². The first kappa shape index (κ1) is 17.6. The van der Waals surface area contributed by atoms with E-state index in [2.05, 4.69) is 11.3 Å². The lowest BCUT2D eigenvalue weighted by Crippen LogP contribution is -2.64. The molecule has 0 N–H and O–H groups in total. The topological polar surface area (TPSA) is 35.5 Å². The van der Waals surface area contributed by atoms with Crippen LogP contribution in [0.25, 0.3) is 0 Å². The van der Waals surface area contributed by atoms with E-state index in [1.165, 1.54) is 0 Å². The summed E-state index contributed by atoms with van der Waals surface area (Å²) in [5.41, 5.74) is -1.30. The third-order valence-electron chi connectivity index (χ3n) is 5.45. The molecule has 1 atom stereocenters. The van der Waals surface area contributed by atoms with Crippen molar-refractivity contribution < 1.29 is 36.2 Å². The molecule has 0 heterocycles. The van der Waals surface area contributed by atoms with Crippen LogP contribution in [-0.4, -0.2) is 30.0 Å². The van der Waals surface area contributed by atoms with Crippen molar-refractivity contribution in [1.82, 2.24) is 0 Å². The Morgan fingerprint density at radius 2 is 1.54 bits per heavy atom. The predicted molar refractivity (Wildman–Crippen MR) is 73.1 cm³/mol. The Balaban J connectivity index is 1.94. The number of alkyl halides is 5. The molecular weight excluding hydrogens is 335 g/mol. The maximum Gasteiger partial charge on any atom is 0.462 e. The fourth-order valence-corrected chi connectivity index (χ4v) is 5.02. The lowest BCUT2D eigenvalue weighted by Gasteiger charge is -2.58. The number of hydrogen-bond acceptors (Lipinski definition) is 3. The molecule has 0 saturated heterocycles. The molecule has 0 aromatic carbocycles. The molecule has 8 heteroatoms. The van der Waals surface area contributed by atoms with Crippen molar-refractivity contribution >= 4 is 5.97 Å². The second-order valence-electron chi connectivity index (χ2n) is 7.29. The minimum Gasteiger partial charge on any atom is -0.415 e. The average molecular weight is 354 g/mol. The Morgan fingerprint density at radius 1 is 1.08 bits per heavy atom. The first-order chi connectivity index (χ1) is 11.1. The number of carbonyl (C=O) groups excluding carboxylic acids is 1. The molecule has 0 amide bonds. The second kappa shape index (κ2) is 5.68. The van der Waals surface area contributed by atoms with Gasteiger partial charge in [-0.15, -0.1) is 0 Å². The van der Waals surface area contributed by atoms with Gasteiger partial charge < -0.3 is 9.47 Å². The van der Waals surface area contributed by atoms with Gasteiger partial charge in [-0.25, -0.2) is 13.6 Å². The fraction of sp³-hybridized carbons (Fsp3) is 0.812. The Labute approximate surface area is 136 Å². The lowest BCUT2D eigenvalue weighted by molar-refractivity contribution is -0.433. The molecule has 4 fully saturated rings. The quantitative estimate of drug-likeness (QED) is 0.321. The number of hydrogen-bond donors (Lipinski definition) is 0. The van der Waals surface area contributed by atoms with E-state index in [4.69, 9.17) is 4.74 Å². The zero-order valence-corrected chi connectivity index (χ0v) is 13.0.